The Kier molecular flexibility index (Phi) is 7.99. The molecule has 0 aliphatic carbocycles. The molecule has 0 saturated carbocycles. The minimum Gasteiger partial charge on any atom is -0.406 e. The highest BCUT2D eigenvalue weighted by Crippen LogP contribution is 2.42. The van der Waals surface area contributed by atoms with Crippen LogP contribution in [0, 0.1) is 0 Å². The summed E-state index contributed by atoms with van der Waals surface area (Å²) in [5.74, 6) is -0.319. The second-order valence-corrected chi connectivity index (χ2v) is 6.12. The number of fused-ring (bicyclic) bond motifs is 1. The van der Waals surface area contributed by atoms with Crippen LogP contribution in [0.1, 0.15) is 18.1 Å². The molecule has 2 aromatic rings. The Morgan fingerprint density at radius 3 is 2.57 bits per heavy atom. The van der Waals surface area contributed by atoms with Gasteiger partial charge in [-0.1, -0.05) is 18.2 Å². The van der Waals surface area contributed by atoms with Crippen molar-refractivity contribution >= 4 is 24.0 Å². The fourth-order valence-electron chi connectivity index (χ4n) is 2.92. The number of halogens is 3. The first-order valence-electron chi connectivity index (χ1n) is 9.00. The molecule has 0 atom stereocenters. The first-order valence-corrected chi connectivity index (χ1v) is 9.00. The van der Waals surface area contributed by atoms with Crippen molar-refractivity contribution in [3.8, 4) is 16.9 Å². The van der Waals surface area contributed by atoms with Crippen molar-refractivity contribution in [3.63, 3.8) is 0 Å². The zero-order valence-corrected chi connectivity index (χ0v) is 16.3. The standard InChI is InChI=1S/C18H16F3N3O3.C3H6/c19-18(20,21)27-13-3-1-11(2-4-13)14-7-12(8-22-10-26)15(9-25)17-16(14)23-5-6-24-17;1-3-2/h1-4,6-7,10,23,25H,5,8-9H2,(H,22,26);3H,1H2,2H3. The highest BCUT2D eigenvalue weighted by molar-refractivity contribution is 5.93. The SMILES string of the molecule is C=CC.O=CNCc1cc(-c2ccc(OC(F)(F)F)cc2)c2c(c1CO)N=CCN2. The smallest absolute Gasteiger partial charge is 0.406 e. The molecule has 9 heteroatoms. The van der Waals surface area contributed by atoms with Gasteiger partial charge in [0.15, 0.2) is 0 Å². The Hall–Kier alpha value is -3.33. The number of ether oxygens (including phenoxy) is 1. The van der Waals surface area contributed by atoms with Crippen LogP contribution >= 0.6 is 0 Å². The fraction of sp³-hybridized carbons (Fsp3) is 0.238. The number of aliphatic hydroxyl groups excluding tert-OH is 1. The number of allylic oxidation sites excluding steroid dienone is 1. The van der Waals surface area contributed by atoms with E-state index in [2.05, 4.69) is 26.9 Å². The molecule has 3 rings (SSSR count). The number of benzene rings is 2. The lowest BCUT2D eigenvalue weighted by molar-refractivity contribution is -0.274. The summed E-state index contributed by atoms with van der Waals surface area (Å²) < 4.78 is 40.9. The van der Waals surface area contributed by atoms with Crippen molar-refractivity contribution in [2.45, 2.75) is 26.4 Å². The molecule has 3 N–H and O–H groups in total. The van der Waals surface area contributed by atoms with Gasteiger partial charge < -0.3 is 20.5 Å². The van der Waals surface area contributed by atoms with Gasteiger partial charge in [0.05, 0.1) is 24.5 Å². The van der Waals surface area contributed by atoms with Crippen molar-refractivity contribution in [2.24, 2.45) is 4.99 Å². The molecule has 0 radical (unpaired) electrons. The Balaban J connectivity index is 0.00000101. The van der Waals surface area contributed by atoms with Gasteiger partial charge in [0, 0.05) is 23.9 Å². The van der Waals surface area contributed by atoms with Crippen molar-refractivity contribution in [2.75, 3.05) is 11.9 Å². The average molecular weight is 421 g/mol. The molecule has 1 heterocycles. The van der Waals surface area contributed by atoms with Crippen LogP contribution in [-0.2, 0) is 17.9 Å². The summed E-state index contributed by atoms with van der Waals surface area (Å²) >= 11 is 0. The third kappa shape index (κ3) is 5.84. The molecule has 30 heavy (non-hydrogen) atoms. The molecular weight excluding hydrogens is 399 g/mol. The van der Waals surface area contributed by atoms with Gasteiger partial charge in [-0.15, -0.1) is 19.8 Å². The molecule has 0 fully saturated rings. The third-order valence-corrected chi connectivity index (χ3v) is 4.02. The van der Waals surface area contributed by atoms with E-state index < -0.39 is 6.36 Å². The zero-order valence-electron chi connectivity index (χ0n) is 16.3. The normalized spacial score (nSPS) is 12.0. The molecule has 0 unspecified atom stereocenters. The molecule has 1 amide bonds. The number of aliphatic hydroxyl groups is 1. The topological polar surface area (TPSA) is 83.0 Å². The number of carbonyl (C=O) groups is 1. The van der Waals surface area contributed by atoms with Gasteiger partial charge >= 0.3 is 6.36 Å². The van der Waals surface area contributed by atoms with Crippen LogP contribution in [-0.4, -0.2) is 30.6 Å². The van der Waals surface area contributed by atoms with Crippen molar-refractivity contribution < 1.29 is 27.8 Å². The predicted molar refractivity (Wildman–Crippen MR) is 110 cm³/mol. The molecule has 0 saturated heterocycles. The summed E-state index contributed by atoms with van der Waals surface area (Å²) in [6.07, 6.45) is -0.805. The Morgan fingerprint density at radius 2 is 2.00 bits per heavy atom. The average Bonchev–Trinajstić information content (AvgIpc) is 2.71. The number of anilines is 1. The summed E-state index contributed by atoms with van der Waals surface area (Å²) in [5, 5.41) is 15.5. The number of rotatable bonds is 6. The highest BCUT2D eigenvalue weighted by atomic mass is 19.4. The van der Waals surface area contributed by atoms with Crippen LogP contribution < -0.4 is 15.4 Å². The second kappa shape index (κ2) is 10.4. The predicted octanol–water partition coefficient (Wildman–Crippen LogP) is 4.31. The number of carbonyl (C=O) groups excluding carboxylic acids is 1. The molecule has 0 bridgehead atoms. The number of aliphatic imine (C=N–C) groups is 1. The number of amides is 1. The van der Waals surface area contributed by atoms with E-state index in [0.717, 1.165) is 0 Å². The number of alkyl halides is 3. The van der Waals surface area contributed by atoms with Gasteiger partial charge in [0.1, 0.15) is 5.75 Å². The minimum atomic E-state index is -4.76. The van der Waals surface area contributed by atoms with E-state index >= 15 is 0 Å². The third-order valence-electron chi connectivity index (χ3n) is 4.02. The minimum absolute atomic E-state index is 0.185. The van der Waals surface area contributed by atoms with Gasteiger partial charge in [-0.25, -0.2) is 0 Å². The van der Waals surface area contributed by atoms with Crippen LogP contribution in [0.2, 0.25) is 0 Å². The first-order chi connectivity index (χ1) is 14.3. The largest absolute Gasteiger partial charge is 0.573 e. The lowest BCUT2D eigenvalue weighted by Crippen LogP contribution is -2.17. The quantitative estimate of drug-likeness (QED) is 0.480. The Bertz CT molecular complexity index is 910. The zero-order chi connectivity index (χ0) is 22.1. The lowest BCUT2D eigenvalue weighted by atomic mass is 9.94. The summed E-state index contributed by atoms with van der Waals surface area (Å²) in [5.41, 5.74) is 3.78. The molecule has 0 spiro atoms. The summed E-state index contributed by atoms with van der Waals surface area (Å²) in [6.45, 7) is 5.65. The fourth-order valence-corrected chi connectivity index (χ4v) is 2.92. The van der Waals surface area contributed by atoms with Crippen molar-refractivity contribution in [1.82, 2.24) is 5.32 Å². The molecule has 1 aliphatic heterocycles. The molecule has 0 aromatic heterocycles. The van der Waals surface area contributed by atoms with Crippen LogP contribution in [0.3, 0.4) is 0 Å². The second-order valence-electron chi connectivity index (χ2n) is 6.12. The van der Waals surface area contributed by atoms with Gasteiger partial charge in [0.2, 0.25) is 6.41 Å². The molecule has 2 aromatic carbocycles. The van der Waals surface area contributed by atoms with Crippen molar-refractivity contribution in [3.05, 3.63) is 54.1 Å². The number of hydrogen-bond donors (Lipinski definition) is 3. The van der Waals surface area contributed by atoms with Crippen LogP contribution in [0.25, 0.3) is 11.1 Å². The monoisotopic (exact) mass is 421 g/mol. The number of nitrogens with zero attached hydrogens (tertiary/aromatic N) is 1. The van der Waals surface area contributed by atoms with Gasteiger partial charge in [-0.3, -0.25) is 9.79 Å². The van der Waals surface area contributed by atoms with E-state index in [1.165, 1.54) is 24.3 Å². The van der Waals surface area contributed by atoms with E-state index in [-0.39, 0.29) is 18.9 Å². The van der Waals surface area contributed by atoms with E-state index in [0.29, 0.717) is 46.6 Å². The summed E-state index contributed by atoms with van der Waals surface area (Å²) in [4.78, 5) is 15.0. The van der Waals surface area contributed by atoms with E-state index in [1.54, 1.807) is 18.4 Å². The van der Waals surface area contributed by atoms with E-state index in [4.69, 9.17) is 0 Å². The van der Waals surface area contributed by atoms with Gasteiger partial charge in [-0.2, -0.15) is 0 Å². The van der Waals surface area contributed by atoms with Crippen LogP contribution in [0.4, 0.5) is 24.5 Å². The van der Waals surface area contributed by atoms with E-state index in [1.807, 2.05) is 6.92 Å². The lowest BCUT2D eigenvalue weighted by Gasteiger charge is -2.22. The molecule has 6 nitrogen and oxygen atoms in total. The maximum absolute atomic E-state index is 12.3. The number of nitrogens with one attached hydrogen (secondary N) is 2. The van der Waals surface area contributed by atoms with Crippen LogP contribution in [0.5, 0.6) is 5.75 Å². The van der Waals surface area contributed by atoms with E-state index in [9.17, 15) is 23.1 Å². The first kappa shape index (κ1) is 23.0. The molecule has 160 valence electrons. The summed E-state index contributed by atoms with van der Waals surface area (Å²) in [6, 6.07) is 7.24. The van der Waals surface area contributed by atoms with Crippen molar-refractivity contribution in [1.29, 1.82) is 0 Å². The molecular formula is C21H22F3N3O3. The van der Waals surface area contributed by atoms with Gasteiger partial charge in [0.25, 0.3) is 0 Å². The molecule has 1 aliphatic rings. The maximum Gasteiger partial charge on any atom is 0.573 e. The van der Waals surface area contributed by atoms with Gasteiger partial charge in [-0.05, 0) is 36.2 Å². The van der Waals surface area contributed by atoms with Crippen LogP contribution in [0.15, 0.2) is 48.0 Å². The number of hydrogen-bond acceptors (Lipinski definition) is 5. The maximum atomic E-state index is 12.3. The Morgan fingerprint density at radius 1 is 1.33 bits per heavy atom. The summed E-state index contributed by atoms with van der Waals surface area (Å²) in [7, 11) is 0. The highest BCUT2D eigenvalue weighted by Gasteiger charge is 2.31. The Labute approximate surface area is 172 Å².